The second-order valence-corrected chi connectivity index (χ2v) is 36.4. The van der Waals surface area contributed by atoms with Crippen LogP contribution in [0, 0.1) is 0 Å². The zero-order valence-electron chi connectivity index (χ0n) is 54.3. The summed E-state index contributed by atoms with van der Waals surface area (Å²) >= 11 is 3.53. The lowest BCUT2D eigenvalue weighted by Gasteiger charge is -2.36. The Morgan fingerprint density at radius 2 is 1.13 bits per heavy atom. The summed E-state index contributed by atoms with van der Waals surface area (Å²) in [6, 6.07) is 54.2. The van der Waals surface area contributed by atoms with E-state index in [9.17, 15) is 25.5 Å². The van der Waals surface area contributed by atoms with Gasteiger partial charge in [0.05, 0.1) is 84.6 Å². The van der Waals surface area contributed by atoms with Crippen molar-refractivity contribution < 1.29 is 53.6 Å². The Labute approximate surface area is 564 Å². The monoisotopic (exact) mass is 1350 g/mol. The molecule has 2 aromatic heterocycles. The van der Waals surface area contributed by atoms with Crippen molar-refractivity contribution >= 4 is 31.0 Å². The second-order valence-electron chi connectivity index (χ2n) is 29.6. The van der Waals surface area contributed by atoms with E-state index in [-0.39, 0.29) is 77.5 Å². The molecule has 31 atom stereocenters. The van der Waals surface area contributed by atoms with Gasteiger partial charge >= 0.3 is 0 Å². The maximum absolute atomic E-state index is 10.6. The zero-order chi connectivity index (χ0) is 65.0. The van der Waals surface area contributed by atoms with Crippen molar-refractivity contribution in [1.82, 2.24) is 51.1 Å². The van der Waals surface area contributed by atoms with Gasteiger partial charge in [-0.2, -0.15) is 0 Å². The lowest BCUT2D eigenvalue weighted by Crippen LogP contribution is -2.42. The first-order chi connectivity index (χ1) is 46.0. The summed E-state index contributed by atoms with van der Waals surface area (Å²) in [5, 5.41) is 71.5. The van der Waals surface area contributed by atoms with Crippen LogP contribution in [0.5, 0.6) is 0 Å². The van der Waals surface area contributed by atoms with E-state index in [2.05, 4.69) is 212 Å². The number of rotatable bonds is 15. The first-order valence-electron chi connectivity index (χ1n) is 34.2. The number of aliphatic hydroxyl groups is 5. The predicted molar refractivity (Wildman–Crippen MR) is 359 cm³/mol. The third kappa shape index (κ3) is 11.8. The average Bonchev–Trinajstić information content (AvgIpc) is 1.51. The van der Waals surface area contributed by atoms with Crippen LogP contribution in [-0.2, 0) is 39.2 Å². The quantitative estimate of drug-likeness (QED) is 0.0484. The van der Waals surface area contributed by atoms with E-state index in [4.69, 9.17) is 28.1 Å². The summed E-state index contributed by atoms with van der Waals surface area (Å²) < 4.78 is 34.7. The highest BCUT2D eigenvalue weighted by Gasteiger charge is 2.74. The molecule has 0 spiro atoms. The standard InChI is InChI=1S/2C18H18N2O2.C15H30N2O3Si.C14H14N2O2S2.C6H10N2O2/c21-16-18(14-9-5-2-6-10-14)12-20(18)15(22-16)17(11-19-17)13-7-3-1-4-8-13;21-18-16-15(12-9-5-2-6-10-12)20(16)17(22-18)14-13(19-14)11-7-3-1-4-8-11;1-7-10-12-14(18)20-13(17(10)12)11-9(16-11)8-19-21(5,6)15(2,3)4;17-14-12-11(8-4-2-6-20-8)16(12)13(18-14)10-9(15-10)7-3-1-5-19-7;9-6-4-2-8(4)5(10-6)3-1-7-3/h1-10,15-16,19,21H,11-12H2;1-10,13-19,21H;9-14,16,18H,7-8H2,1-6H3;1-6,9-15,17H;3-7,9H,1-2H2/t15?,16-,17-,18?,20?;13-,14+,15?,16?,17?,18-,20?;9-,10?,11+,12?,13?,14-,17?;9-,10+,11?,12?,13?,14-,16?;3-,4?,5?,6+,8?/m11110/s1. The van der Waals surface area contributed by atoms with Gasteiger partial charge < -0.3 is 74.9 Å². The van der Waals surface area contributed by atoms with Gasteiger partial charge in [-0.25, -0.2) is 0 Å². The van der Waals surface area contributed by atoms with Crippen molar-refractivity contribution in [2.24, 2.45) is 0 Å². The number of hydrogen-bond acceptors (Lipinski definition) is 23. The van der Waals surface area contributed by atoms with Crippen LogP contribution in [0.25, 0.3) is 0 Å². The zero-order valence-corrected chi connectivity index (χ0v) is 57.0. The molecule has 15 aliphatic rings. The molecule has 21 nitrogen and oxygen atoms in total. The van der Waals surface area contributed by atoms with Gasteiger partial charge in [-0.15, -0.1) is 22.7 Å². The van der Waals surface area contributed by atoms with Gasteiger partial charge in [0.2, 0.25) is 0 Å². The van der Waals surface area contributed by atoms with Gasteiger partial charge in [0, 0.05) is 48.0 Å². The fourth-order valence-corrected chi connectivity index (χ4v) is 18.6. The highest BCUT2D eigenvalue weighted by Crippen LogP contribution is 2.60. The van der Waals surface area contributed by atoms with E-state index in [1.54, 1.807) is 22.7 Å². The highest BCUT2D eigenvalue weighted by atomic mass is 32.1. The number of nitrogens with zero attached hydrogens (tertiary/aromatic N) is 5. The molecular formula is C71H90N10O11S2Si. The van der Waals surface area contributed by atoms with E-state index in [1.807, 2.05) is 36.4 Å². The average molecular weight is 1350 g/mol. The van der Waals surface area contributed by atoms with Crippen molar-refractivity contribution in [2.45, 2.75) is 211 Å². The van der Waals surface area contributed by atoms with Gasteiger partial charge in [0.25, 0.3) is 0 Å². The molecule has 4 aromatic carbocycles. The second kappa shape index (κ2) is 24.5. The van der Waals surface area contributed by atoms with E-state index < -0.39 is 39.8 Å². The maximum Gasteiger partial charge on any atom is 0.192 e. The molecule has 18 unspecified atom stereocenters. The Morgan fingerprint density at radius 1 is 0.589 bits per heavy atom. The molecule has 21 rings (SSSR count). The summed E-state index contributed by atoms with van der Waals surface area (Å²) in [7, 11) is -1.68. The summed E-state index contributed by atoms with van der Waals surface area (Å²) in [4.78, 5) is 14.1. The van der Waals surface area contributed by atoms with Gasteiger partial charge in [0.1, 0.15) is 36.7 Å². The van der Waals surface area contributed by atoms with Crippen molar-refractivity contribution in [3.05, 3.63) is 188 Å². The minimum atomic E-state index is -1.68. The van der Waals surface area contributed by atoms with Crippen LogP contribution in [0.15, 0.2) is 156 Å². The van der Waals surface area contributed by atoms with Crippen molar-refractivity contribution in [3.63, 3.8) is 0 Å². The minimum Gasteiger partial charge on any atom is -0.415 e. The molecule has 0 saturated carbocycles. The molecule has 95 heavy (non-hydrogen) atoms. The predicted octanol–water partition coefficient (Wildman–Crippen LogP) is 4.90. The Kier molecular flexibility index (Phi) is 16.5. The van der Waals surface area contributed by atoms with E-state index in [0.29, 0.717) is 54.4 Å². The van der Waals surface area contributed by atoms with Crippen LogP contribution < -0.4 is 26.6 Å². The summed E-state index contributed by atoms with van der Waals surface area (Å²) in [6.07, 6.45) is -2.14. The molecule has 17 heterocycles. The largest absolute Gasteiger partial charge is 0.415 e. The molecule has 0 aliphatic carbocycles. The van der Waals surface area contributed by atoms with Gasteiger partial charge in [-0.05, 0) is 69.7 Å². The molecule has 0 radical (unpaired) electrons. The minimum absolute atomic E-state index is 0.00537. The number of hydrogen-bond donors (Lipinski definition) is 10. The van der Waals surface area contributed by atoms with Gasteiger partial charge in [-0.1, -0.05) is 161 Å². The summed E-state index contributed by atoms with van der Waals surface area (Å²) in [5.74, 6) is 0. The third-order valence-electron chi connectivity index (χ3n) is 22.9. The van der Waals surface area contributed by atoms with Crippen LogP contribution in [0.2, 0.25) is 18.1 Å². The maximum atomic E-state index is 10.6. The molecule has 6 aromatic rings. The number of benzene rings is 4. The highest BCUT2D eigenvalue weighted by molar-refractivity contribution is 7.10. The topological polar surface area (TPSA) is 281 Å². The number of thiophene rings is 2. The molecule has 0 amide bonds. The fraction of sp³-hybridized carbons (Fsp3) is 0.549. The number of fused-ring (bicyclic) bond motifs is 5. The van der Waals surface area contributed by atoms with Crippen LogP contribution >= 0.6 is 22.7 Å². The first-order valence-corrected chi connectivity index (χ1v) is 38.9. The Bertz CT molecular complexity index is 3630. The summed E-state index contributed by atoms with van der Waals surface area (Å²) in [5.41, 5.74) is 4.36. The molecule has 15 fully saturated rings. The molecular weight excluding hydrogens is 1260 g/mol. The number of aliphatic hydroxyl groups excluding tert-OH is 5. The smallest absolute Gasteiger partial charge is 0.192 e. The Hall–Kier alpha value is -4.34. The normalized spacial score (nSPS) is 45.8. The van der Waals surface area contributed by atoms with Crippen LogP contribution in [0.3, 0.4) is 0 Å². The van der Waals surface area contributed by atoms with Crippen molar-refractivity contribution in [1.29, 1.82) is 0 Å². The van der Waals surface area contributed by atoms with Crippen LogP contribution in [-0.4, -0.2) is 214 Å². The SMILES string of the molecule is CCC1C2[C@H](O)OC([C@H]3N[C@@H]3CO[Si](C)(C)C(C)(C)C)N12.O[C@@H]1OC([C@@H]2CN2)N2CC12.O[C@@H]1OC([C@H]2N[C@@H]2c2ccccc2)N2C(c3ccccc3)C12.O[C@@H]1OC([C@H]2N[C@@H]2c2cccs2)N2C(c3cccs3)C12.O[C@@H]1OC([C@]2(c3ccccc3)CN2)N2CC12c1ccccc1. The number of ether oxygens (including phenoxy) is 5. The summed E-state index contributed by atoms with van der Waals surface area (Å²) in [6.45, 7) is 18.1. The van der Waals surface area contributed by atoms with Crippen molar-refractivity contribution in [3.8, 4) is 0 Å². The van der Waals surface area contributed by atoms with Gasteiger partial charge in [-0.3, -0.25) is 29.8 Å². The van der Waals surface area contributed by atoms with E-state index in [0.717, 1.165) is 44.8 Å². The third-order valence-corrected chi connectivity index (χ3v) is 29.3. The molecule has 24 heteroatoms. The molecule has 506 valence electrons. The Morgan fingerprint density at radius 3 is 1.66 bits per heavy atom. The molecule has 0 bridgehead atoms. The molecule has 10 N–H and O–H groups in total. The fourth-order valence-electron chi connectivity index (χ4n) is 15.9. The Balaban J connectivity index is 0.0000000915. The molecule has 15 saturated heterocycles. The van der Waals surface area contributed by atoms with Crippen LogP contribution in [0.1, 0.15) is 90.3 Å². The van der Waals surface area contributed by atoms with E-state index >= 15 is 0 Å². The van der Waals surface area contributed by atoms with E-state index in [1.165, 1.54) is 26.4 Å². The van der Waals surface area contributed by atoms with Crippen molar-refractivity contribution in [2.75, 3.05) is 32.8 Å². The van der Waals surface area contributed by atoms with Crippen LogP contribution in [0.4, 0.5) is 0 Å². The first kappa shape index (κ1) is 64.1. The molecule has 15 aliphatic heterocycles. The van der Waals surface area contributed by atoms with Gasteiger partial charge in [0.15, 0.2) is 39.8 Å². The number of nitrogens with one attached hydrogen (secondary N) is 5. The lowest BCUT2D eigenvalue weighted by atomic mass is 9.97. The lowest BCUT2D eigenvalue weighted by molar-refractivity contribution is -0.134.